The lowest BCUT2D eigenvalue weighted by molar-refractivity contribution is 0.0170. The van der Waals surface area contributed by atoms with Gasteiger partial charge in [0, 0.05) is 30.4 Å². The van der Waals surface area contributed by atoms with Crippen LogP contribution in [0.15, 0.2) is 41.2 Å². The van der Waals surface area contributed by atoms with Crippen molar-refractivity contribution in [1.82, 2.24) is 19.5 Å². The summed E-state index contributed by atoms with van der Waals surface area (Å²) in [6.45, 7) is 4.71. The van der Waals surface area contributed by atoms with E-state index in [1.54, 1.807) is 17.5 Å². The molecule has 0 radical (unpaired) electrons. The fraction of sp³-hybridized carbons (Fsp3) is 0.286. The van der Waals surface area contributed by atoms with E-state index in [9.17, 15) is 8.78 Å². The van der Waals surface area contributed by atoms with Gasteiger partial charge < -0.3 is 8.92 Å². The van der Waals surface area contributed by atoms with E-state index in [0.717, 1.165) is 25.3 Å². The van der Waals surface area contributed by atoms with Crippen LogP contribution in [0.3, 0.4) is 0 Å². The molecule has 0 atom stereocenters. The van der Waals surface area contributed by atoms with Gasteiger partial charge in [-0.3, -0.25) is 0 Å². The molecule has 0 N–H and O–H groups in total. The predicted molar refractivity (Wildman–Crippen MR) is 107 cm³/mol. The quantitative estimate of drug-likeness (QED) is 0.395. The number of imidazole rings is 1. The minimum Gasteiger partial charge on any atom is -0.332 e. The van der Waals surface area contributed by atoms with Gasteiger partial charge in [0.05, 0.1) is 5.02 Å². The predicted octanol–water partition coefficient (Wildman–Crippen LogP) is 6.08. The molecular weight excluding hydrogens is 398 g/mol. The summed E-state index contributed by atoms with van der Waals surface area (Å²) in [6.07, 6.45) is 4.93. The fourth-order valence-corrected chi connectivity index (χ4v) is 3.52. The van der Waals surface area contributed by atoms with Crippen molar-refractivity contribution in [3.8, 4) is 23.0 Å². The summed E-state index contributed by atoms with van der Waals surface area (Å²) < 4.78 is 34.3. The fourth-order valence-electron chi connectivity index (χ4n) is 3.23. The lowest BCUT2D eigenvalue weighted by Crippen LogP contribution is -2.08. The minimum atomic E-state index is -2.94. The Hall–Kier alpha value is -2.80. The third-order valence-corrected chi connectivity index (χ3v) is 5.01. The van der Waals surface area contributed by atoms with Gasteiger partial charge >= 0.3 is 0 Å². The number of fused-ring (bicyclic) bond motifs is 1. The number of hydrogen-bond acceptors (Lipinski definition) is 4. The maximum atomic E-state index is 13.7. The number of aryl methyl sites for hydroxylation is 2. The topological polar surface area (TPSA) is 56.2 Å². The van der Waals surface area contributed by atoms with Crippen molar-refractivity contribution >= 4 is 17.2 Å². The first kappa shape index (κ1) is 19.5. The molecule has 0 aliphatic carbocycles. The average Bonchev–Trinajstić information content (AvgIpc) is 3.28. The Kier molecular flexibility index (Phi) is 4.86. The largest absolute Gasteiger partial charge is 0.332 e. The van der Waals surface area contributed by atoms with Crippen LogP contribution in [0, 0.1) is 6.92 Å². The van der Waals surface area contributed by atoms with Crippen LogP contribution in [0.1, 0.15) is 37.0 Å². The van der Waals surface area contributed by atoms with Gasteiger partial charge in [-0.25, -0.2) is 13.8 Å². The van der Waals surface area contributed by atoms with Crippen LogP contribution in [-0.4, -0.2) is 19.5 Å². The molecule has 1 aromatic carbocycles. The highest BCUT2D eigenvalue weighted by Crippen LogP contribution is 2.31. The molecule has 0 amide bonds. The third kappa shape index (κ3) is 3.74. The highest BCUT2D eigenvalue weighted by Gasteiger charge is 2.26. The van der Waals surface area contributed by atoms with Crippen molar-refractivity contribution in [3.63, 3.8) is 0 Å². The van der Waals surface area contributed by atoms with E-state index in [4.69, 9.17) is 16.1 Å². The van der Waals surface area contributed by atoms with Gasteiger partial charge in [0.15, 0.2) is 0 Å². The van der Waals surface area contributed by atoms with Crippen LogP contribution in [-0.2, 0) is 12.3 Å². The van der Waals surface area contributed by atoms with E-state index in [1.165, 1.54) is 12.3 Å². The zero-order chi connectivity index (χ0) is 20.8. The summed E-state index contributed by atoms with van der Waals surface area (Å²) in [7, 11) is 0. The Morgan fingerprint density at radius 3 is 2.66 bits per heavy atom. The summed E-state index contributed by atoms with van der Waals surface area (Å²) >= 11 is 6.39. The Bertz CT molecular complexity index is 1190. The van der Waals surface area contributed by atoms with Crippen LogP contribution in [0.4, 0.5) is 8.78 Å². The van der Waals surface area contributed by atoms with Gasteiger partial charge in [-0.1, -0.05) is 36.2 Å². The second kappa shape index (κ2) is 7.22. The maximum Gasteiger partial charge on any atom is 0.278 e. The summed E-state index contributed by atoms with van der Waals surface area (Å²) in [4.78, 5) is 8.86. The highest BCUT2D eigenvalue weighted by atomic mass is 35.5. The van der Waals surface area contributed by atoms with Crippen LogP contribution >= 0.6 is 11.6 Å². The van der Waals surface area contributed by atoms with Crippen molar-refractivity contribution in [1.29, 1.82) is 0 Å². The lowest BCUT2D eigenvalue weighted by Gasteiger charge is -2.11. The molecule has 0 bridgehead atoms. The first-order valence-electron chi connectivity index (χ1n) is 9.27. The first-order chi connectivity index (χ1) is 13.8. The molecule has 3 aromatic heterocycles. The number of aromatic nitrogens is 4. The number of alkyl halides is 2. The average molecular weight is 417 g/mol. The van der Waals surface area contributed by atoms with Crippen LogP contribution < -0.4 is 0 Å². The van der Waals surface area contributed by atoms with Crippen molar-refractivity contribution < 1.29 is 13.3 Å². The molecule has 0 fully saturated rings. The van der Waals surface area contributed by atoms with Crippen molar-refractivity contribution in [2.45, 2.75) is 39.5 Å². The monoisotopic (exact) mass is 416 g/mol. The standard InChI is InChI=1S/C21H19ClF2N4O/c1-4-5-13-6-7-15(16(22)9-13)18-26-20(29-27-18)17-11-28-10-14(21(3,23)24)8-12(2)19(28)25-17/h6-11H,4-5H2,1-3H3. The number of nitrogens with zero attached hydrogens (tertiary/aromatic N) is 4. The van der Waals surface area contributed by atoms with E-state index in [-0.39, 0.29) is 11.5 Å². The SMILES string of the molecule is CCCc1ccc(-c2noc(-c3cn4cc(C(C)(F)F)cc(C)c4n3)n2)c(Cl)c1. The molecule has 8 heteroatoms. The van der Waals surface area contributed by atoms with Gasteiger partial charge in [-0.15, -0.1) is 0 Å². The molecule has 0 unspecified atom stereocenters. The van der Waals surface area contributed by atoms with Crippen LogP contribution in [0.5, 0.6) is 0 Å². The molecule has 0 saturated carbocycles. The number of rotatable bonds is 5. The van der Waals surface area contributed by atoms with E-state index in [0.29, 0.717) is 33.3 Å². The van der Waals surface area contributed by atoms with E-state index < -0.39 is 5.92 Å². The summed E-state index contributed by atoms with van der Waals surface area (Å²) in [5.41, 5.74) is 3.30. The smallest absolute Gasteiger partial charge is 0.278 e. The van der Waals surface area contributed by atoms with Crippen LogP contribution in [0.25, 0.3) is 28.6 Å². The Morgan fingerprint density at radius 2 is 1.97 bits per heavy atom. The molecule has 5 nitrogen and oxygen atoms in total. The summed E-state index contributed by atoms with van der Waals surface area (Å²) in [5.74, 6) is -2.40. The van der Waals surface area contributed by atoms with E-state index >= 15 is 0 Å². The second-order valence-electron chi connectivity index (χ2n) is 7.14. The normalized spacial score (nSPS) is 12.1. The first-order valence-corrected chi connectivity index (χ1v) is 9.64. The van der Waals surface area contributed by atoms with E-state index in [2.05, 4.69) is 22.0 Å². The molecule has 150 valence electrons. The maximum absolute atomic E-state index is 13.7. The van der Waals surface area contributed by atoms with Gasteiger partial charge in [-0.2, -0.15) is 4.98 Å². The highest BCUT2D eigenvalue weighted by molar-refractivity contribution is 6.33. The number of benzene rings is 1. The van der Waals surface area contributed by atoms with Gasteiger partial charge in [0.1, 0.15) is 11.3 Å². The van der Waals surface area contributed by atoms with Crippen molar-refractivity contribution in [2.24, 2.45) is 0 Å². The molecule has 29 heavy (non-hydrogen) atoms. The molecule has 0 aliphatic rings. The molecular formula is C21H19ClF2N4O. The third-order valence-electron chi connectivity index (χ3n) is 4.70. The second-order valence-corrected chi connectivity index (χ2v) is 7.55. The molecule has 0 spiro atoms. The van der Waals surface area contributed by atoms with Gasteiger partial charge in [0.25, 0.3) is 11.8 Å². The van der Waals surface area contributed by atoms with Crippen LogP contribution in [0.2, 0.25) is 5.02 Å². The molecule has 3 heterocycles. The Labute approximate surface area is 171 Å². The Balaban J connectivity index is 1.71. The minimum absolute atomic E-state index is 0.0865. The van der Waals surface area contributed by atoms with Gasteiger partial charge in [-0.05, 0) is 42.7 Å². The van der Waals surface area contributed by atoms with Crippen molar-refractivity contribution in [3.05, 3.63) is 58.4 Å². The number of pyridine rings is 1. The summed E-state index contributed by atoms with van der Waals surface area (Å²) in [6, 6.07) is 7.19. The van der Waals surface area contributed by atoms with Crippen molar-refractivity contribution in [2.75, 3.05) is 0 Å². The molecule has 0 aliphatic heterocycles. The zero-order valence-corrected chi connectivity index (χ0v) is 17.0. The van der Waals surface area contributed by atoms with Gasteiger partial charge in [0.2, 0.25) is 5.82 Å². The number of hydrogen-bond donors (Lipinski definition) is 0. The number of halogens is 3. The molecule has 4 aromatic rings. The molecule has 0 saturated heterocycles. The Morgan fingerprint density at radius 1 is 1.17 bits per heavy atom. The summed E-state index contributed by atoms with van der Waals surface area (Å²) in [5, 5.41) is 4.55. The lowest BCUT2D eigenvalue weighted by atomic mass is 10.1. The zero-order valence-electron chi connectivity index (χ0n) is 16.2. The van der Waals surface area contributed by atoms with E-state index in [1.807, 2.05) is 18.2 Å². The molecule has 4 rings (SSSR count).